The minimum Gasteiger partial charge on any atom is -0.299 e. The van der Waals surface area contributed by atoms with Gasteiger partial charge in [0.05, 0.1) is 0 Å². The van der Waals surface area contributed by atoms with Gasteiger partial charge in [-0.1, -0.05) is 60.3 Å². The standard InChI is InChI=1S/C15H19BrO/c1-15(9-5-2-6-10-15)14(17)11-12-7-3-4-8-13(12)16/h3-4,7-8H,2,5-6,9-11H2,1H3. The third-order valence-corrected chi connectivity index (χ3v) is 4.71. The van der Waals surface area contributed by atoms with E-state index >= 15 is 0 Å². The number of rotatable bonds is 3. The van der Waals surface area contributed by atoms with E-state index in [0.717, 1.165) is 22.9 Å². The van der Waals surface area contributed by atoms with Crippen molar-refractivity contribution in [2.24, 2.45) is 5.41 Å². The molecule has 1 saturated carbocycles. The van der Waals surface area contributed by atoms with Crippen LogP contribution in [0.3, 0.4) is 0 Å². The molecule has 1 aromatic carbocycles. The molecule has 0 spiro atoms. The summed E-state index contributed by atoms with van der Waals surface area (Å²) in [5.41, 5.74) is 1.04. The number of hydrogen-bond donors (Lipinski definition) is 0. The molecule has 0 unspecified atom stereocenters. The van der Waals surface area contributed by atoms with Crippen LogP contribution in [0.25, 0.3) is 0 Å². The SMILES string of the molecule is CC1(C(=O)Cc2ccccc2Br)CCCCC1. The Bertz CT molecular complexity index is 405. The van der Waals surface area contributed by atoms with Crippen LogP contribution >= 0.6 is 15.9 Å². The fourth-order valence-corrected chi connectivity index (χ4v) is 3.06. The number of carbonyl (C=O) groups excluding carboxylic acids is 1. The Labute approximate surface area is 112 Å². The first-order valence-corrected chi connectivity index (χ1v) is 7.18. The average molecular weight is 295 g/mol. The summed E-state index contributed by atoms with van der Waals surface area (Å²) in [4.78, 5) is 12.4. The van der Waals surface area contributed by atoms with Crippen LogP contribution in [0.15, 0.2) is 28.7 Å². The van der Waals surface area contributed by atoms with Crippen LogP contribution in [0, 0.1) is 5.41 Å². The van der Waals surface area contributed by atoms with Gasteiger partial charge in [0.2, 0.25) is 0 Å². The average Bonchev–Trinajstić information content (AvgIpc) is 2.33. The molecule has 1 fully saturated rings. The second kappa shape index (κ2) is 5.34. The quantitative estimate of drug-likeness (QED) is 0.800. The number of carbonyl (C=O) groups is 1. The summed E-state index contributed by atoms with van der Waals surface area (Å²) in [6.07, 6.45) is 6.40. The number of hydrogen-bond acceptors (Lipinski definition) is 1. The van der Waals surface area contributed by atoms with Crippen LogP contribution in [0.5, 0.6) is 0 Å². The molecule has 0 aromatic heterocycles. The molecular weight excluding hydrogens is 276 g/mol. The molecule has 17 heavy (non-hydrogen) atoms. The van der Waals surface area contributed by atoms with Crippen LogP contribution in [0.4, 0.5) is 0 Å². The van der Waals surface area contributed by atoms with Crippen molar-refractivity contribution in [3.63, 3.8) is 0 Å². The Balaban J connectivity index is 2.08. The van der Waals surface area contributed by atoms with Gasteiger partial charge in [-0.25, -0.2) is 0 Å². The van der Waals surface area contributed by atoms with Crippen molar-refractivity contribution in [3.8, 4) is 0 Å². The minimum atomic E-state index is -0.0759. The third kappa shape index (κ3) is 2.98. The van der Waals surface area contributed by atoms with Crippen LogP contribution in [0.1, 0.15) is 44.6 Å². The zero-order chi connectivity index (χ0) is 12.3. The maximum Gasteiger partial charge on any atom is 0.143 e. The van der Waals surface area contributed by atoms with Crippen LogP contribution < -0.4 is 0 Å². The molecule has 0 N–H and O–H groups in total. The fourth-order valence-electron chi connectivity index (χ4n) is 2.64. The second-order valence-corrected chi connectivity index (χ2v) is 6.17. The minimum absolute atomic E-state index is 0.0759. The predicted molar refractivity (Wildman–Crippen MR) is 74.0 cm³/mol. The molecule has 92 valence electrons. The molecule has 0 bridgehead atoms. The highest BCUT2D eigenvalue weighted by Crippen LogP contribution is 2.37. The van der Waals surface area contributed by atoms with Gasteiger partial charge in [0.15, 0.2) is 0 Å². The van der Waals surface area contributed by atoms with Crippen molar-refractivity contribution in [2.45, 2.75) is 45.4 Å². The van der Waals surface area contributed by atoms with Gasteiger partial charge >= 0.3 is 0 Å². The first kappa shape index (κ1) is 12.8. The van der Waals surface area contributed by atoms with Gasteiger partial charge in [0.25, 0.3) is 0 Å². The highest BCUT2D eigenvalue weighted by Gasteiger charge is 2.33. The van der Waals surface area contributed by atoms with Crippen molar-refractivity contribution in [3.05, 3.63) is 34.3 Å². The maximum absolute atomic E-state index is 12.4. The van der Waals surface area contributed by atoms with Gasteiger partial charge in [-0.3, -0.25) is 4.79 Å². The maximum atomic E-state index is 12.4. The van der Waals surface area contributed by atoms with E-state index in [2.05, 4.69) is 22.9 Å². The number of ketones is 1. The van der Waals surface area contributed by atoms with Gasteiger partial charge in [-0.15, -0.1) is 0 Å². The van der Waals surface area contributed by atoms with Crippen LogP contribution in [-0.4, -0.2) is 5.78 Å². The third-order valence-electron chi connectivity index (χ3n) is 3.94. The highest BCUT2D eigenvalue weighted by molar-refractivity contribution is 9.10. The van der Waals surface area contributed by atoms with E-state index in [0.29, 0.717) is 12.2 Å². The molecule has 1 aliphatic rings. The molecule has 1 aromatic rings. The highest BCUT2D eigenvalue weighted by atomic mass is 79.9. The zero-order valence-corrected chi connectivity index (χ0v) is 11.9. The molecule has 0 radical (unpaired) electrons. The van der Waals surface area contributed by atoms with Gasteiger partial charge < -0.3 is 0 Å². The van der Waals surface area contributed by atoms with E-state index in [4.69, 9.17) is 0 Å². The summed E-state index contributed by atoms with van der Waals surface area (Å²) in [6.45, 7) is 2.14. The molecule has 2 rings (SSSR count). The monoisotopic (exact) mass is 294 g/mol. The van der Waals surface area contributed by atoms with E-state index in [1.165, 1.54) is 19.3 Å². The number of Topliss-reactive ketones (excluding diaryl/α,β-unsaturated/α-hetero) is 1. The largest absolute Gasteiger partial charge is 0.299 e. The zero-order valence-electron chi connectivity index (χ0n) is 10.3. The van der Waals surface area contributed by atoms with Gasteiger partial charge in [0.1, 0.15) is 5.78 Å². The summed E-state index contributed by atoms with van der Waals surface area (Å²) in [5, 5.41) is 0. The number of benzene rings is 1. The normalized spacial score (nSPS) is 18.9. The van der Waals surface area contributed by atoms with E-state index < -0.39 is 0 Å². The number of halogens is 1. The fraction of sp³-hybridized carbons (Fsp3) is 0.533. The Morgan fingerprint density at radius 2 is 1.88 bits per heavy atom. The Kier molecular flexibility index (Phi) is 4.03. The van der Waals surface area contributed by atoms with E-state index in [1.807, 2.05) is 24.3 Å². The smallest absolute Gasteiger partial charge is 0.143 e. The lowest BCUT2D eigenvalue weighted by Gasteiger charge is -2.32. The molecule has 2 heteroatoms. The van der Waals surface area contributed by atoms with Crippen LogP contribution in [-0.2, 0) is 11.2 Å². The lowest BCUT2D eigenvalue weighted by atomic mass is 9.71. The molecule has 0 aliphatic heterocycles. The second-order valence-electron chi connectivity index (χ2n) is 5.31. The lowest BCUT2D eigenvalue weighted by Crippen LogP contribution is -2.31. The molecule has 0 saturated heterocycles. The molecule has 1 aliphatic carbocycles. The van der Waals surface area contributed by atoms with Crippen molar-refractivity contribution in [2.75, 3.05) is 0 Å². The summed E-state index contributed by atoms with van der Waals surface area (Å²) < 4.78 is 1.05. The Morgan fingerprint density at radius 3 is 2.53 bits per heavy atom. The molecule has 0 atom stereocenters. The summed E-state index contributed by atoms with van der Waals surface area (Å²) in [7, 11) is 0. The van der Waals surface area contributed by atoms with E-state index in [-0.39, 0.29) is 5.41 Å². The van der Waals surface area contributed by atoms with Crippen LogP contribution in [0.2, 0.25) is 0 Å². The van der Waals surface area contributed by atoms with Crippen molar-refractivity contribution in [1.82, 2.24) is 0 Å². The van der Waals surface area contributed by atoms with Gasteiger partial charge in [-0.05, 0) is 24.5 Å². The molecule has 0 amide bonds. The summed E-state index contributed by atoms with van der Waals surface area (Å²) in [5.74, 6) is 0.407. The first-order valence-electron chi connectivity index (χ1n) is 6.38. The van der Waals surface area contributed by atoms with Crippen molar-refractivity contribution < 1.29 is 4.79 Å². The van der Waals surface area contributed by atoms with E-state index in [1.54, 1.807) is 0 Å². The van der Waals surface area contributed by atoms with E-state index in [9.17, 15) is 4.79 Å². The molecular formula is C15H19BrO. The van der Waals surface area contributed by atoms with Crippen molar-refractivity contribution >= 4 is 21.7 Å². The Morgan fingerprint density at radius 1 is 1.24 bits per heavy atom. The summed E-state index contributed by atoms with van der Waals surface area (Å²) >= 11 is 3.51. The van der Waals surface area contributed by atoms with Gasteiger partial charge in [-0.2, -0.15) is 0 Å². The Hall–Kier alpha value is -0.630. The lowest BCUT2D eigenvalue weighted by molar-refractivity contribution is -0.128. The molecule has 1 nitrogen and oxygen atoms in total. The van der Waals surface area contributed by atoms with Gasteiger partial charge in [0, 0.05) is 16.3 Å². The van der Waals surface area contributed by atoms with Crippen molar-refractivity contribution in [1.29, 1.82) is 0 Å². The molecule has 0 heterocycles. The summed E-state index contributed by atoms with van der Waals surface area (Å²) in [6, 6.07) is 8.02. The first-order chi connectivity index (χ1) is 8.12. The topological polar surface area (TPSA) is 17.1 Å². The predicted octanol–water partition coefficient (Wildman–Crippen LogP) is 4.53.